The molecule has 2 aromatic carbocycles. The smallest absolute Gasteiger partial charge is 0.338 e. The zero-order valence-corrected chi connectivity index (χ0v) is 15.4. The zero-order valence-electron chi connectivity index (χ0n) is 14.6. The van der Waals surface area contributed by atoms with Crippen molar-refractivity contribution < 1.29 is 9.53 Å². The predicted molar refractivity (Wildman–Crippen MR) is 106 cm³/mol. The maximum absolute atomic E-state index is 11.8. The Bertz CT molecular complexity index is 917. The first kappa shape index (κ1) is 17.8. The van der Waals surface area contributed by atoms with E-state index in [4.69, 9.17) is 4.74 Å². The Morgan fingerprint density at radius 3 is 2.69 bits per heavy atom. The highest BCUT2D eigenvalue weighted by molar-refractivity contribution is 7.13. The number of ether oxygens (including phenoxy) is 1. The average molecular weight is 365 g/mol. The van der Waals surface area contributed by atoms with Gasteiger partial charge in [0.05, 0.1) is 24.1 Å². The van der Waals surface area contributed by atoms with Crippen LogP contribution in [-0.2, 0) is 4.74 Å². The third-order valence-electron chi connectivity index (χ3n) is 3.65. The quantitative estimate of drug-likeness (QED) is 0.389. The highest BCUT2D eigenvalue weighted by Gasteiger charge is 2.08. The van der Waals surface area contributed by atoms with Gasteiger partial charge in [0.25, 0.3) is 0 Å². The molecule has 1 N–H and O–H groups in total. The SMILES string of the molecule is CCOC(=O)c1ccc(-c2ccccc2C=NNc2nc(C)cs2)cc1. The summed E-state index contributed by atoms with van der Waals surface area (Å²) in [6, 6.07) is 15.3. The average Bonchev–Trinajstić information content (AvgIpc) is 3.08. The highest BCUT2D eigenvalue weighted by Crippen LogP contribution is 2.23. The van der Waals surface area contributed by atoms with E-state index >= 15 is 0 Å². The van der Waals surface area contributed by atoms with E-state index in [1.54, 1.807) is 25.3 Å². The molecule has 132 valence electrons. The van der Waals surface area contributed by atoms with Crippen LogP contribution in [0.4, 0.5) is 5.13 Å². The molecule has 0 radical (unpaired) electrons. The molecule has 0 spiro atoms. The second kappa shape index (κ2) is 8.40. The van der Waals surface area contributed by atoms with Crippen molar-refractivity contribution in [2.75, 3.05) is 12.0 Å². The number of rotatable bonds is 6. The number of carbonyl (C=O) groups is 1. The van der Waals surface area contributed by atoms with Crippen molar-refractivity contribution in [2.45, 2.75) is 13.8 Å². The first-order valence-electron chi connectivity index (χ1n) is 8.25. The molecular formula is C20H19N3O2S. The molecular weight excluding hydrogens is 346 g/mol. The van der Waals surface area contributed by atoms with E-state index in [0.717, 1.165) is 27.5 Å². The number of aryl methyl sites for hydroxylation is 1. The first-order valence-corrected chi connectivity index (χ1v) is 9.13. The van der Waals surface area contributed by atoms with Gasteiger partial charge in [-0.3, -0.25) is 5.43 Å². The Labute approximate surface area is 156 Å². The largest absolute Gasteiger partial charge is 0.462 e. The summed E-state index contributed by atoms with van der Waals surface area (Å²) in [5.74, 6) is -0.308. The maximum atomic E-state index is 11.8. The lowest BCUT2D eigenvalue weighted by Gasteiger charge is -2.07. The number of nitrogens with one attached hydrogen (secondary N) is 1. The third-order valence-corrected chi connectivity index (χ3v) is 4.52. The van der Waals surface area contributed by atoms with Gasteiger partial charge >= 0.3 is 5.97 Å². The van der Waals surface area contributed by atoms with Gasteiger partial charge in [-0.15, -0.1) is 11.3 Å². The molecule has 0 aliphatic carbocycles. The van der Waals surface area contributed by atoms with Crippen molar-refractivity contribution >= 4 is 28.7 Å². The molecule has 0 aliphatic heterocycles. The van der Waals surface area contributed by atoms with Crippen LogP contribution in [0.5, 0.6) is 0 Å². The molecule has 0 aliphatic rings. The Morgan fingerprint density at radius 2 is 2.00 bits per heavy atom. The van der Waals surface area contributed by atoms with Crippen molar-refractivity contribution in [2.24, 2.45) is 5.10 Å². The minimum Gasteiger partial charge on any atom is -0.462 e. The Kier molecular flexibility index (Phi) is 5.76. The fourth-order valence-electron chi connectivity index (χ4n) is 2.44. The summed E-state index contributed by atoms with van der Waals surface area (Å²) in [4.78, 5) is 16.1. The molecule has 0 amide bonds. The van der Waals surface area contributed by atoms with Crippen molar-refractivity contribution in [3.63, 3.8) is 0 Å². The van der Waals surface area contributed by atoms with Gasteiger partial charge in [0.15, 0.2) is 0 Å². The maximum Gasteiger partial charge on any atom is 0.338 e. The molecule has 5 nitrogen and oxygen atoms in total. The number of benzene rings is 2. The minimum atomic E-state index is -0.308. The van der Waals surface area contributed by atoms with Gasteiger partial charge in [0.2, 0.25) is 5.13 Å². The summed E-state index contributed by atoms with van der Waals surface area (Å²) >= 11 is 1.51. The van der Waals surface area contributed by atoms with Gasteiger partial charge in [-0.25, -0.2) is 9.78 Å². The number of thiazole rings is 1. The van der Waals surface area contributed by atoms with Gasteiger partial charge in [-0.1, -0.05) is 36.4 Å². The van der Waals surface area contributed by atoms with Crippen LogP contribution in [0.2, 0.25) is 0 Å². The molecule has 1 aromatic heterocycles. The van der Waals surface area contributed by atoms with E-state index in [-0.39, 0.29) is 5.97 Å². The second-order valence-electron chi connectivity index (χ2n) is 5.55. The van der Waals surface area contributed by atoms with Crippen LogP contribution < -0.4 is 5.43 Å². The van der Waals surface area contributed by atoms with Crippen molar-refractivity contribution in [3.05, 3.63) is 70.7 Å². The fraction of sp³-hybridized carbons (Fsp3) is 0.150. The van der Waals surface area contributed by atoms with Gasteiger partial charge in [-0.05, 0) is 37.1 Å². The van der Waals surface area contributed by atoms with Gasteiger partial charge in [-0.2, -0.15) is 5.10 Å². The number of aromatic nitrogens is 1. The number of esters is 1. The van der Waals surface area contributed by atoms with Crippen LogP contribution >= 0.6 is 11.3 Å². The van der Waals surface area contributed by atoms with Gasteiger partial charge in [0, 0.05) is 10.9 Å². The fourth-order valence-corrected chi connectivity index (χ4v) is 3.07. The Morgan fingerprint density at radius 1 is 1.23 bits per heavy atom. The predicted octanol–water partition coefficient (Wildman–Crippen LogP) is 4.74. The van der Waals surface area contributed by atoms with E-state index in [2.05, 4.69) is 15.5 Å². The number of anilines is 1. The molecule has 3 aromatic rings. The lowest BCUT2D eigenvalue weighted by molar-refractivity contribution is 0.0526. The summed E-state index contributed by atoms with van der Waals surface area (Å²) in [7, 11) is 0. The standard InChI is InChI=1S/C20H19N3O2S/c1-3-25-19(24)16-10-8-15(9-11-16)18-7-5-4-6-17(18)12-21-23-20-22-14(2)13-26-20/h4-13H,3H2,1-2H3,(H,22,23). The number of hydrazone groups is 1. The molecule has 1 heterocycles. The van der Waals surface area contributed by atoms with E-state index in [0.29, 0.717) is 12.2 Å². The van der Waals surface area contributed by atoms with Crippen molar-refractivity contribution in [1.29, 1.82) is 0 Å². The number of hydrogen-bond donors (Lipinski definition) is 1. The summed E-state index contributed by atoms with van der Waals surface area (Å²) in [5, 5.41) is 7.01. The molecule has 6 heteroatoms. The summed E-state index contributed by atoms with van der Waals surface area (Å²) in [6.07, 6.45) is 1.77. The van der Waals surface area contributed by atoms with Crippen LogP contribution in [0, 0.1) is 6.92 Å². The van der Waals surface area contributed by atoms with Crippen LogP contribution in [0.3, 0.4) is 0 Å². The third kappa shape index (κ3) is 4.34. The van der Waals surface area contributed by atoms with Crippen LogP contribution in [-0.4, -0.2) is 23.8 Å². The lowest BCUT2D eigenvalue weighted by atomic mass is 9.99. The molecule has 0 unspecified atom stereocenters. The highest BCUT2D eigenvalue weighted by atomic mass is 32.1. The Hall–Kier alpha value is -2.99. The minimum absolute atomic E-state index is 0.308. The van der Waals surface area contributed by atoms with E-state index < -0.39 is 0 Å². The van der Waals surface area contributed by atoms with E-state index in [1.807, 2.05) is 48.7 Å². The molecule has 26 heavy (non-hydrogen) atoms. The first-order chi connectivity index (χ1) is 12.7. The molecule has 3 rings (SSSR count). The van der Waals surface area contributed by atoms with E-state index in [9.17, 15) is 4.79 Å². The summed E-state index contributed by atoms with van der Waals surface area (Å²) < 4.78 is 5.02. The topological polar surface area (TPSA) is 63.6 Å². The van der Waals surface area contributed by atoms with Crippen LogP contribution in [0.1, 0.15) is 28.5 Å². The van der Waals surface area contributed by atoms with Gasteiger partial charge < -0.3 is 4.74 Å². The monoisotopic (exact) mass is 365 g/mol. The molecule has 0 bridgehead atoms. The summed E-state index contributed by atoms with van der Waals surface area (Å²) in [5.41, 5.74) is 7.46. The molecule has 0 fully saturated rings. The molecule has 0 saturated carbocycles. The lowest BCUT2D eigenvalue weighted by Crippen LogP contribution is -2.04. The van der Waals surface area contributed by atoms with E-state index in [1.165, 1.54) is 11.3 Å². The molecule has 0 atom stereocenters. The normalized spacial score (nSPS) is 10.8. The van der Waals surface area contributed by atoms with Gasteiger partial charge in [0.1, 0.15) is 0 Å². The number of hydrogen-bond acceptors (Lipinski definition) is 6. The van der Waals surface area contributed by atoms with Crippen molar-refractivity contribution in [3.8, 4) is 11.1 Å². The zero-order chi connectivity index (χ0) is 18.4. The Balaban J connectivity index is 1.79. The summed E-state index contributed by atoms with van der Waals surface area (Å²) in [6.45, 7) is 4.11. The second-order valence-corrected chi connectivity index (χ2v) is 6.41. The number of nitrogens with zero attached hydrogens (tertiary/aromatic N) is 2. The van der Waals surface area contributed by atoms with Crippen LogP contribution in [0.15, 0.2) is 59.0 Å². The van der Waals surface area contributed by atoms with Crippen LogP contribution in [0.25, 0.3) is 11.1 Å². The van der Waals surface area contributed by atoms with Crippen molar-refractivity contribution in [1.82, 2.24) is 4.98 Å². The molecule has 0 saturated heterocycles. The number of carbonyl (C=O) groups excluding carboxylic acids is 1.